The second-order valence-corrected chi connectivity index (χ2v) is 5.54. The highest BCUT2D eigenvalue weighted by atomic mass is 16.5. The van der Waals surface area contributed by atoms with Crippen molar-refractivity contribution in [3.05, 3.63) is 61.1 Å². The first-order valence-electron chi connectivity index (χ1n) is 8.28. The first kappa shape index (κ1) is 17.5. The van der Waals surface area contributed by atoms with Gasteiger partial charge in [0.15, 0.2) is 11.5 Å². The number of hydrogen-bond donors (Lipinski definition) is 1. The van der Waals surface area contributed by atoms with Crippen molar-refractivity contribution < 1.29 is 14.3 Å². The van der Waals surface area contributed by atoms with E-state index in [2.05, 4.69) is 15.4 Å². The zero-order valence-corrected chi connectivity index (χ0v) is 14.6. The molecule has 0 spiro atoms. The average Bonchev–Trinajstić information content (AvgIpc) is 3.19. The van der Waals surface area contributed by atoms with Crippen LogP contribution in [0.2, 0.25) is 0 Å². The lowest BCUT2D eigenvalue weighted by Gasteiger charge is -2.15. The summed E-state index contributed by atoms with van der Waals surface area (Å²) in [6.07, 6.45) is 5.62. The van der Waals surface area contributed by atoms with Crippen molar-refractivity contribution >= 4 is 11.6 Å². The Kier molecular flexibility index (Phi) is 5.48. The first-order chi connectivity index (χ1) is 12.7. The fraction of sp³-hybridized carbons (Fsp3) is 0.211. The highest BCUT2D eigenvalue weighted by Gasteiger charge is 2.18. The second-order valence-electron chi connectivity index (χ2n) is 5.54. The molecule has 1 amide bonds. The number of anilines is 1. The molecule has 0 fully saturated rings. The summed E-state index contributed by atoms with van der Waals surface area (Å²) in [5.74, 6) is 1.46. The minimum Gasteiger partial charge on any atom is -0.493 e. The molecule has 0 radical (unpaired) electrons. The van der Waals surface area contributed by atoms with Crippen LogP contribution in [0, 0.1) is 0 Å². The third-order valence-corrected chi connectivity index (χ3v) is 3.82. The van der Waals surface area contributed by atoms with Gasteiger partial charge in [0.05, 0.1) is 19.0 Å². The van der Waals surface area contributed by atoms with Gasteiger partial charge in [-0.25, -0.2) is 4.98 Å². The summed E-state index contributed by atoms with van der Waals surface area (Å²) < 4.78 is 12.6. The van der Waals surface area contributed by atoms with E-state index in [0.29, 0.717) is 29.5 Å². The van der Waals surface area contributed by atoms with Gasteiger partial charge in [-0.3, -0.25) is 9.48 Å². The molecule has 0 bridgehead atoms. The lowest BCUT2D eigenvalue weighted by Crippen LogP contribution is -2.25. The van der Waals surface area contributed by atoms with Crippen molar-refractivity contribution in [1.29, 1.82) is 0 Å². The molecule has 1 N–H and O–H groups in total. The Balaban J connectivity index is 1.67. The van der Waals surface area contributed by atoms with Gasteiger partial charge in [-0.05, 0) is 30.7 Å². The number of aromatic nitrogens is 3. The number of para-hydroxylation sites is 2. The van der Waals surface area contributed by atoms with Gasteiger partial charge in [-0.15, -0.1) is 0 Å². The van der Waals surface area contributed by atoms with Gasteiger partial charge in [0, 0.05) is 18.5 Å². The highest BCUT2D eigenvalue weighted by molar-refractivity contribution is 5.93. The van der Waals surface area contributed by atoms with E-state index in [9.17, 15) is 4.79 Å². The van der Waals surface area contributed by atoms with E-state index in [4.69, 9.17) is 9.47 Å². The molecule has 7 heteroatoms. The second kappa shape index (κ2) is 8.15. The molecule has 3 rings (SSSR count). The van der Waals surface area contributed by atoms with Crippen LogP contribution in [0.25, 0.3) is 0 Å². The van der Waals surface area contributed by atoms with Crippen molar-refractivity contribution in [2.45, 2.75) is 19.4 Å². The van der Waals surface area contributed by atoms with Crippen molar-refractivity contribution in [2.75, 3.05) is 12.4 Å². The average molecular weight is 352 g/mol. The van der Waals surface area contributed by atoms with E-state index < -0.39 is 0 Å². The zero-order chi connectivity index (χ0) is 18.4. The topological polar surface area (TPSA) is 78.3 Å². The summed E-state index contributed by atoms with van der Waals surface area (Å²) in [5.41, 5.74) is 0.591. The number of methoxy groups -OCH3 is 1. The molecule has 1 unspecified atom stereocenters. The third-order valence-electron chi connectivity index (χ3n) is 3.82. The number of hydrogen-bond acceptors (Lipinski definition) is 5. The predicted molar refractivity (Wildman–Crippen MR) is 97.5 cm³/mol. The number of pyridine rings is 1. The van der Waals surface area contributed by atoms with Crippen LogP contribution in [-0.2, 0) is 4.79 Å². The van der Waals surface area contributed by atoms with Crippen molar-refractivity contribution in [3.8, 4) is 17.4 Å². The Labute approximate surface area is 151 Å². The van der Waals surface area contributed by atoms with Crippen LogP contribution < -0.4 is 14.8 Å². The maximum atomic E-state index is 12.5. The zero-order valence-electron chi connectivity index (χ0n) is 14.6. The van der Waals surface area contributed by atoms with Gasteiger partial charge < -0.3 is 14.8 Å². The summed E-state index contributed by atoms with van der Waals surface area (Å²) in [4.78, 5) is 16.7. The molecule has 0 aliphatic carbocycles. The number of ether oxygens (including phenoxy) is 2. The largest absolute Gasteiger partial charge is 0.493 e. The summed E-state index contributed by atoms with van der Waals surface area (Å²) in [6, 6.07) is 12.2. The Morgan fingerprint density at radius 1 is 1.19 bits per heavy atom. The highest BCUT2D eigenvalue weighted by Crippen LogP contribution is 2.30. The van der Waals surface area contributed by atoms with Crippen molar-refractivity contribution in [2.24, 2.45) is 0 Å². The van der Waals surface area contributed by atoms with E-state index in [1.54, 1.807) is 54.6 Å². The molecule has 0 aliphatic heterocycles. The summed E-state index contributed by atoms with van der Waals surface area (Å²) in [7, 11) is 1.58. The summed E-state index contributed by atoms with van der Waals surface area (Å²) >= 11 is 0. The third kappa shape index (κ3) is 4.00. The number of amides is 1. The number of nitrogens with one attached hydrogen (secondary N) is 1. The minimum atomic E-state index is -0.366. The molecule has 2 aromatic heterocycles. The molecule has 26 heavy (non-hydrogen) atoms. The fourth-order valence-corrected chi connectivity index (χ4v) is 2.51. The quantitative estimate of drug-likeness (QED) is 0.702. The molecular weight excluding hydrogens is 332 g/mol. The van der Waals surface area contributed by atoms with Gasteiger partial charge in [0.2, 0.25) is 11.8 Å². The van der Waals surface area contributed by atoms with Crippen LogP contribution >= 0.6 is 0 Å². The van der Waals surface area contributed by atoms with Crippen LogP contribution in [0.5, 0.6) is 17.4 Å². The van der Waals surface area contributed by atoms with Gasteiger partial charge in [-0.1, -0.05) is 19.1 Å². The standard InChI is InChI=1S/C19H20N4O3/c1-3-15(23-12-6-11-21-23)19(24)22-14-9-10-18(20-13-14)26-17-8-5-4-7-16(17)25-2/h4-13,15H,3H2,1-2H3,(H,22,24). The number of rotatable bonds is 7. The normalized spacial score (nSPS) is 11.6. The van der Waals surface area contributed by atoms with Crippen LogP contribution in [0.4, 0.5) is 5.69 Å². The molecule has 7 nitrogen and oxygen atoms in total. The molecule has 134 valence electrons. The van der Waals surface area contributed by atoms with E-state index in [1.807, 2.05) is 25.1 Å². The molecular formula is C19H20N4O3. The van der Waals surface area contributed by atoms with Gasteiger partial charge >= 0.3 is 0 Å². The molecule has 0 saturated heterocycles. The number of benzene rings is 1. The first-order valence-corrected chi connectivity index (χ1v) is 8.28. The summed E-state index contributed by atoms with van der Waals surface area (Å²) in [5, 5.41) is 6.99. The lowest BCUT2D eigenvalue weighted by atomic mass is 10.2. The van der Waals surface area contributed by atoms with Gasteiger partial charge in [0.25, 0.3) is 0 Å². The maximum absolute atomic E-state index is 12.5. The Hall–Kier alpha value is -3.35. The van der Waals surface area contributed by atoms with E-state index in [1.165, 1.54) is 0 Å². The number of nitrogens with zero attached hydrogens (tertiary/aromatic N) is 3. The lowest BCUT2D eigenvalue weighted by molar-refractivity contribution is -0.119. The Morgan fingerprint density at radius 3 is 2.62 bits per heavy atom. The summed E-state index contributed by atoms with van der Waals surface area (Å²) in [6.45, 7) is 1.94. The molecule has 3 aromatic rings. The van der Waals surface area contributed by atoms with Gasteiger partial charge in [-0.2, -0.15) is 5.10 Å². The van der Waals surface area contributed by atoms with Crippen molar-refractivity contribution in [1.82, 2.24) is 14.8 Å². The molecule has 0 saturated carbocycles. The van der Waals surface area contributed by atoms with E-state index >= 15 is 0 Å². The minimum absolute atomic E-state index is 0.142. The SMILES string of the molecule is CCC(C(=O)Nc1ccc(Oc2ccccc2OC)nc1)n1cccn1. The number of carbonyl (C=O) groups excluding carboxylic acids is 1. The molecule has 2 heterocycles. The van der Waals surface area contributed by atoms with E-state index in [-0.39, 0.29) is 11.9 Å². The van der Waals surface area contributed by atoms with E-state index in [0.717, 1.165) is 0 Å². The Morgan fingerprint density at radius 2 is 2.00 bits per heavy atom. The fourth-order valence-electron chi connectivity index (χ4n) is 2.51. The maximum Gasteiger partial charge on any atom is 0.249 e. The van der Waals surface area contributed by atoms with Crippen molar-refractivity contribution in [3.63, 3.8) is 0 Å². The monoisotopic (exact) mass is 352 g/mol. The molecule has 1 aromatic carbocycles. The van der Waals surface area contributed by atoms with Crippen LogP contribution in [0.3, 0.4) is 0 Å². The predicted octanol–water partition coefficient (Wildman–Crippen LogP) is 3.67. The van der Waals surface area contributed by atoms with Crippen LogP contribution in [0.15, 0.2) is 61.1 Å². The van der Waals surface area contributed by atoms with Crippen LogP contribution in [-0.4, -0.2) is 27.8 Å². The van der Waals surface area contributed by atoms with Gasteiger partial charge in [0.1, 0.15) is 6.04 Å². The Bertz CT molecular complexity index is 847. The molecule has 1 atom stereocenters. The number of carbonyl (C=O) groups is 1. The smallest absolute Gasteiger partial charge is 0.249 e. The molecule has 0 aliphatic rings. The van der Waals surface area contributed by atoms with Crippen LogP contribution in [0.1, 0.15) is 19.4 Å².